The van der Waals surface area contributed by atoms with Crippen LogP contribution in [0.2, 0.25) is 0 Å². The molecule has 1 amide bonds. The van der Waals surface area contributed by atoms with Crippen LogP contribution in [0.4, 0.5) is 0 Å². The molecule has 0 aliphatic rings. The number of nitrogens with zero attached hydrogens (tertiary/aromatic N) is 3. The summed E-state index contributed by atoms with van der Waals surface area (Å²) < 4.78 is 1.62. The summed E-state index contributed by atoms with van der Waals surface area (Å²) >= 11 is 1.14. The predicted octanol–water partition coefficient (Wildman–Crippen LogP) is 4.72. The summed E-state index contributed by atoms with van der Waals surface area (Å²) in [5.74, 6) is -1.05. The van der Waals surface area contributed by atoms with E-state index in [0.29, 0.717) is 22.6 Å². The summed E-state index contributed by atoms with van der Waals surface area (Å²) in [4.78, 5) is 30.2. The molecule has 0 fully saturated rings. The molecule has 0 atom stereocenters. The molecule has 0 spiro atoms. The van der Waals surface area contributed by atoms with E-state index in [2.05, 4.69) is 17.2 Å². The van der Waals surface area contributed by atoms with Gasteiger partial charge in [-0.2, -0.15) is 5.26 Å². The van der Waals surface area contributed by atoms with Crippen LogP contribution >= 0.6 is 11.8 Å². The predicted molar refractivity (Wildman–Crippen MR) is 134 cm³/mol. The quantitative estimate of drug-likeness (QED) is 0.104. The van der Waals surface area contributed by atoms with E-state index in [9.17, 15) is 20.0 Å². The number of unbranched alkanes of at least 4 members (excludes halogenated alkanes) is 3. The third kappa shape index (κ3) is 6.49. The first-order valence-corrected chi connectivity index (χ1v) is 12.3. The minimum Gasteiger partial charge on any atom is -0.510 e. The van der Waals surface area contributed by atoms with Crippen molar-refractivity contribution in [2.45, 2.75) is 50.9 Å². The number of carbonyl (C=O) groups excluding carboxylic acids is 1. The molecule has 2 aromatic carbocycles. The third-order valence-corrected chi connectivity index (χ3v) is 6.31. The van der Waals surface area contributed by atoms with Gasteiger partial charge in [0, 0.05) is 13.1 Å². The number of nitrogens with one attached hydrogen (secondary N) is 1. The van der Waals surface area contributed by atoms with Crippen LogP contribution in [-0.2, 0) is 17.9 Å². The number of para-hydroxylation sites is 1. The highest BCUT2D eigenvalue weighted by atomic mass is 32.2. The average Bonchev–Trinajstić information content (AvgIpc) is 2.86. The number of carbonyl (C=O) groups is 1. The van der Waals surface area contributed by atoms with Gasteiger partial charge in [-0.05, 0) is 24.1 Å². The molecule has 0 radical (unpaired) electrons. The highest BCUT2D eigenvalue weighted by Crippen LogP contribution is 2.21. The van der Waals surface area contributed by atoms with Gasteiger partial charge in [-0.25, -0.2) is 4.98 Å². The second-order valence-corrected chi connectivity index (χ2v) is 8.76. The Bertz CT molecular complexity index is 1260. The zero-order chi connectivity index (χ0) is 24.3. The van der Waals surface area contributed by atoms with Gasteiger partial charge in [0.2, 0.25) is 0 Å². The molecule has 7 nitrogen and oxygen atoms in total. The fourth-order valence-electron chi connectivity index (χ4n) is 3.47. The summed E-state index contributed by atoms with van der Waals surface area (Å²) in [6.45, 7) is 2.89. The minimum absolute atomic E-state index is 0.0542. The van der Waals surface area contributed by atoms with Crippen LogP contribution in [0, 0.1) is 11.3 Å². The number of aliphatic hydroxyl groups excluding tert-OH is 1. The van der Waals surface area contributed by atoms with Crippen molar-refractivity contribution in [1.29, 1.82) is 5.26 Å². The minimum atomic E-state index is -0.645. The van der Waals surface area contributed by atoms with Crippen LogP contribution in [0.5, 0.6) is 0 Å². The summed E-state index contributed by atoms with van der Waals surface area (Å²) in [6.07, 6.45) is 4.03. The number of amides is 1. The third-order valence-electron chi connectivity index (χ3n) is 5.32. The van der Waals surface area contributed by atoms with Crippen molar-refractivity contribution in [3.05, 3.63) is 81.8 Å². The van der Waals surface area contributed by atoms with Gasteiger partial charge in [0.05, 0.1) is 16.7 Å². The molecular formula is C26H28N4O3S. The van der Waals surface area contributed by atoms with E-state index in [4.69, 9.17) is 0 Å². The average molecular weight is 477 g/mol. The second kappa shape index (κ2) is 12.6. The Hall–Kier alpha value is -3.57. The number of aliphatic hydroxyl groups is 1. The number of nitriles is 1. The van der Waals surface area contributed by atoms with Crippen molar-refractivity contribution in [2.75, 3.05) is 5.75 Å². The zero-order valence-electron chi connectivity index (χ0n) is 19.2. The standard InChI is InChI=1S/C26H28N4O3S/c1-2-3-4-10-15-30-25(33)20-13-8-9-14-22(20)29-26(30)34-18-23(31)21(16-27)24(32)28-17-19-11-6-5-7-12-19/h5-9,11-14,31H,2-4,10,15,17-18H2,1H3,(H,28,32). The maximum atomic E-state index is 13.1. The number of fused-ring (bicyclic) bond motifs is 1. The Morgan fingerprint density at radius 1 is 1.12 bits per heavy atom. The van der Waals surface area contributed by atoms with Crippen molar-refractivity contribution in [3.63, 3.8) is 0 Å². The van der Waals surface area contributed by atoms with E-state index in [1.165, 1.54) is 0 Å². The lowest BCUT2D eigenvalue weighted by Crippen LogP contribution is -2.25. The van der Waals surface area contributed by atoms with Crippen LogP contribution in [0.15, 0.2) is 75.9 Å². The van der Waals surface area contributed by atoms with Crippen molar-refractivity contribution >= 4 is 28.6 Å². The highest BCUT2D eigenvalue weighted by molar-refractivity contribution is 7.99. The van der Waals surface area contributed by atoms with Crippen LogP contribution in [-0.4, -0.2) is 26.3 Å². The molecule has 0 bridgehead atoms. The summed E-state index contributed by atoms with van der Waals surface area (Å²) in [5, 5.41) is 23.6. The van der Waals surface area contributed by atoms with Crippen molar-refractivity contribution in [2.24, 2.45) is 0 Å². The summed E-state index contributed by atoms with van der Waals surface area (Å²) in [7, 11) is 0. The molecule has 0 aliphatic carbocycles. The van der Waals surface area contributed by atoms with Crippen molar-refractivity contribution in [1.82, 2.24) is 14.9 Å². The summed E-state index contributed by atoms with van der Waals surface area (Å²) in [5.41, 5.74) is 0.981. The van der Waals surface area contributed by atoms with E-state index in [-0.39, 0.29) is 29.2 Å². The van der Waals surface area contributed by atoms with Gasteiger partial charge >= 0.3 is 0 Å². The zero-order valence-corrected chi connectivity index (χ0v) is 20.0. The van der Waals surface area contributed by atoms with Gasteiger partial charge < -0.3 is 10.4 Å². The first kappa shape index (κ1) is 25.1. The highest BCUT2D eigenvalue weighted by Gasteiger charge is 2.17. The molecule has 0 aliphatic heterocycles. The lowest BCUT2D eigenvalue weighted by molar-refractivity contribution is -0.117. The van der Waals surface area contributed by atoms with Crippen LogP contribution in [0.3, 0.4) is 0 Å². The number of hydrogen-bond acceptors (Lipinski definition) is 6. The molecule has 8 heteroatoms. The van der Waals surface area contributed by atoms with Gasteiger partial charge in [-0.3, -0.25) is 14.2 Å². The van der Waals surface area contributed by atoms with Crippen molar-refractivity contribution in [3.8, 4) is 6.07 Å². The van der Waals surface area contributed by atoms with E-state index in [1.54, 1.807) is 22.8 Å². The van der Waals surface area contributed by atoms with E-state index < -0.39 is 5.91 Å². The SMILES string of the molecule is CCCCCCn1c(SCC(O)=C(C#N)C(=O)NCc2ccccc2)nc2ccccc2c1=O. The largest absolute Gasteiger partial charge is 0.510 e. The fraction of sp³-hybridized carbons (Fsp3) is 0.308. The van der Waals surface area contributed by atoms with Gasteiger partial charge in [-0.1, -0.05) is 80.4 Å². The normalized spacial score (nSPS) is 11.6. The van der Waals surface area contributed by atoms with Crippen LogP contribution in [0.25, 0.3) is 10.9 Å². The fourth-order valence-corrected chi connectivity index (χ4v) is 4.37. The second-order valence-electron chi connectivity index (χ2n) is 7.82. The molecule has 0 unspecified atom stereocenters. The number of rotatable bonds is 11. The van der Waals surface area contributed by atoms with Crippen molar-refractivity contribution < 1.29 is 9.90 Å². The molecule has 0 saturated heterocycles. The Kier molecular flexibility index (Phi) is 9.30. The van der Waals surface area contributed by atoms with Crippen LogP contribution in [0.1, 0.15) is 38.2 Å². The number of thioether (sulfide) groups is 1. The van der Waals surface area contributed by atoms with E-state index in [0.717, 1.165) is 43.0 Å². The van der Waals surface area contributed by atoms with Gasteiger partial charge in [0.1, 0.15) is 11.8 Å². The molecule has 1 heterocycles. The van der Waals surface area contributed by atoms with Gasteiger partial charge in [0.15, 0.2) is 10.7 Å². The number of aromatic nitrogens is 2. The van der Waals surface area contributed by atoms with Gasteiger partial charge in [0.25, 0.3) is 11.5 Å². The first-order valence-electron chi connectivity index (χ1n) is 11.3. The smallest absolute Gasteiger partial charge is 0.265 e. The molecule has 176 valence electrons. The first-order chi connectivity index (χ1) is 16.5. The molecule has 2 N–H and O–H groups in total. The Morgan fingerprint density at radius 3 is 2.59 bits per heavy atom. The lowest BCUT2D eigenvalue weighted by atomic mass is 10.2. The molecule has 3 aromatic rings. The number of benzene rings is 2. The monoisotopic (exact) mass is 476 g/mol. The van der Waals surface area contributed by atoms with E-state index >= 15 is 0 Å². The Labute approximate surface area is 203 Å². The Morgan fingerprint density at radius 2 is 1.85 bits per heavy atom. The maximum Gasteiger partial charge on any atom is 0.265 e. The number of hydrogen-bond donors (Lipinski definition) is 2. The summed E-state index contributed by atoms with van der Waals surface area (Å²) in [6, 6.07) is 18.2. The molecule has 34 heavy (non-hydrogen) atoms. The molecule has 3 rings (SSSR count). The molecular weight excluding hydrogens is 448 g/mol. The Balaban J connectivity index is 1.78. The molecule has 1 aromatic heterocycles. The van der Waals surface area contributed by atoms with E-state index in [1.807, 2.05) is 42.5 Å². The lowest BCUT2D eigenvalue weighted by Gasteiger charge is -2.13. The van der Waals surface area contributed by atoms with Crippen LogP contribution < -0.4 is 10.9 Å². The van der Waals surface area contributed by atoms with Gasteiger partial charge in [-0.15, -0.1) is 0 Å². The topological polar surface area (TPSA) is 108 Å². The maximum absolute atomic E-state index is 13.1. The molecule has 0 saturated carbocycles.